The number of aryl methyl sites for hydroxylation is 2. The van der Waals surface area contributed by atoms with Gasteiger partial charge in [0.1, 0.15) is 16.5 Å². The number of anilines is 1. The van der Waals surface area contributed by atoms with Crippen LogP contribution in [-0.2, 0) is 16.3 Å². The second-order valence-electron chi connectivity index (χ2n) is 6.70. The van der Waals surface area contributed by atoms with Crippen molar-refractivity contribution in [3.63, 3.8) is 0 Å². The van der Waals surface area contributed by atoms with Gasteiger partial charge in [-0.3, -0.25) is 0 Å². The number of fused-ring (bicyclic) bond motifs is 1. The molecule has 1 aromatic carbocycles. The Balaban J connectivity index is 1.97. The fourth-order valence-corrected chi connectivity index (χ4v) is 4.61. The van der Waals surface area contributed by atoms with Gasteiger partial charge in [0.15, 0.2) is 9.84 Å². The summed E-state index contributed by atoms with van der Waals surface area (Å²) in [5, 5.41) is 4.52. The number of thiophene rings is 1. The zero-order chi connectivity index (χ0) is 19.8. The van der Waals surface area contributed by atoms with Crippen molar-refractivity contribution >= 4 is 37.2 Å². The molecule has 0 saturated heterocycles. The van der Waals surface area contributed by atoms with E-state index in [0.717, 1.165) is 27.4 Å². The predicted octanol–water partition coefficient (Wildman–Crippen LogP) is 3.39. The SMILES string of the molecule is Cc1sc2nc(CCN)nc(N[C@@H](C)c3ccc(S(C)(=O)=O)cc3)c2c1C. The van der Waals surface area contributed by atoms with Crippen LogP contribution < -0.4 is 11.1 Å². The maximum atomic E-state index is 11.6. The monoisotopic (exact) mass is 404 g/mol. The maximum absolute atomic E-state index is 11.6. The summed E-state index contributed by atoms with van der Waals surface area (Å²) in [4.78, 5) is 11.8. The molecule has 3 N–H and O–H groups in total. The first-order valence-corrected chi connectivity index (χ1v) is 11.4. The smallest absolute Gasteiger partial charge is 0.175 e. The number of sulfone groups is 1. The highest BCUT2D eigenvalue weighted by Crippen LogP contribution is 2.34. The average molecular weight is 405 g/mol. The molecule has 1 atom stereocenters. The molecule has 0 fully saturated rings. The quantitative estimate of drug-likeness (QED) is 0.653. The van der Waals surface area contributed by atoms with Gasteiger partial charge in [-0.2, -0.15) is 0 Å². The predicted molar refractivity (Wildman–Crippen MR) is 111 cm³/mol. The Morgan fingerprint density at radius 2 is 1.85 bits per heavy atom. The number of nitrogens with two attached hydrogens (primary N) is 1. The molecule has 2 heterocycles. The summed E-state index contributed by atoms with van der Waals surface area (Å²) in [7, 11) is -3.20. The van der Waals surface area contributed by atoms with Crippen molar-refractivity contribution < 1.29 is 8.42 Å². The molecule has 0 bridgehead atoms. The molecule has 0 aliphatic carbocycles. The third-order valence-corrected chi connectivity index (χ3v) is 6.83. The van der Waals surface area contributed by atoms with Crippen LogP contribution in [0.25, 0.3) is 10.2 Å². The van der Waals surface area contributed by atoms with Crippen LogP contribution in [0.1, 0.15) is 34.8 Å². The molecule has 0 saturated carbocycles. The summed E-state index contributed by atoms with van der Waals surface area (Å²) in [6.45, 7) is 6.69. The lowest BCUT2D eigenvalue weighted by Crippen LogP contribution is -2.12. The van der Waals surface area contributed by atoms with Crippen molar-refractivity contribution in [3.8, 4) is 0 Å². The van der Waals surface area contributed by atoms with Crippen LogP contribution in [0.3, 0.4) is 0 Å². The summed E-state index contributed by atoms with van der Waals surface area (Å²) >= 11 is 1.66. The highest BCUT2D eigenvalue weighted by atomic mass is 32.2. The second kappa shape index (κ2) is 7.53. The number of nitrogens with one attached hydrogen (secondary N) is 1. The Morgan fingerprint density at radius 1 is 1.19 bits per heavy atom. The summed E-state index contributed by atoms with van der Waals surface area (Å²) in [5.74, 6) is 1.53. The molecule has 0 radical (unpaired) electrons. The van der Waals surface area contributed by atoms with E-state index in [9.17, 15) is 8.42 Å². The molecule has 27 heavy (non-hydrogen) atoms. The molecule has 0 aliphatic heterocycles. The summed E-state index contributed by atoms with van der Waals surface area (Å²) in [6, 6.07) is 6.90. The van der Waals surface area contributed by atoms with Crippen LogP contribution in [0.5, 0.6) is 0 Å². The molecule has 0 amide bonds. The van der Waals surface area contributed by atoms with Crippen molar-refractivity contribution in [1.29, 1.82) is 0 Å². The highest BCUT2D eigenvalue weighted by Gasteiger charge is 2.17. The molecular formula is C19H24N4O2S2. The van der Waals surface area contributed by atoms with E-state index in [2.05, 4.69) is 24.1 Å². The first-order valence-electron chi connectivity index (χ1n) is 8.74. The van der Waals surface area contributed by atoms with Gasteiger partial charge in [0.25, 0.3) is 0 Å². The summed E-state index contributed by atoms with van der Waals surface area (Å²) in [5.41, 5.74) is 7.85. The van der Waals surface area contributed by atoms with Gasteiger partial charge in [0.05, 0.1) is 10.3 Å². The minimum atomic E-state index is -3.20. The Labute approximate surface area is 163 Å². The van der Waals surface area contributed by atoms with Gasteiger partial charge in [-0.15, -0.1) is 11.3 Å². The van der Waals surface area contributed by atoms with Crippen molar-refractivity contribution in [1.82, 2.24) is 9.97 Å². The van der Waals surface area contributed by atoms with Crippen molar-refractivity contribution in [3.05, 3.63) is 46.1 Å². The van der Waals surface area contributed by atoms with Gasteiger partial charge < -0.3 is 11.1 Å². The highest BCUT2D eigenvalue weighted by molar-refractivity contribution is 7.90. The van der Waals surface area contributed by atoms with Gasteiger partial charge in [0, 0.05) is 23.6 Å². The third kappa shape index (κ3) is 4.12. The van der Waals surface area contributed by atoms with E-state index in [1.807, 2.05) is 19.1 Å². The van der Waals surface area contributed by atoms with Gasteiger partial charge in [-0.1, -0.05) is 12.1 Å². The van der Waals surface area contributed by atoms with Gasteiger partial charge in [-0.25, -0.2) is 18.4 Å². The first-order chi connectivity index (χ1) is 12.7. The largest absolute Gasteiger partial charge is 0.363 e. The van der Waals surface area contributed by atoms with Crippen LogP contribution in [0, 0.1) is 13.8 Å². The van der Waals surface area contributed by atoms with Crippen molar-refractivity contribution in [2.24, 2.45) is 5.73 Å². The number of hydrogen-bond acceptors (Lipinski definition) is 7. The molecule has 144 valence electrons. The van der Waals surface area contributed by atoms with E-state index >= 15 is 0 Å². The fraction of sp³-hybridized carbons (Fsp3) is 0.368. The van der Waals surface area contributed by atoms with Crippen LogP contribution in [0.4, 0.5) is 5.82 Å². The van der Waals surface area contributed by atoms with Gasteiger partial charge >= 0.3 is 0 Å². The topological polar surface area (TPSA) is 98.0 Å². The third-order valence-electron chi connectivity index (χ3n) is 4.60. The standard InChI is InChI=1S/C19H24N4O2S2/c1-11-13(3)26-19-17(11)18(22-16(23-19)9-10-20)21-12(2)14-5-7-15(8-6-14)27(4,24)25/h5-8,12H,9-10,20H2,1-4H3,(H,21,22,23)/t12-/m0/s1. The fourth-order valence-electron chi connectivity index (χ4n) is 2.93. The zero-order valence-corrected chi connectivity index (χ0v) is 17.5. The minimum absolute atomic E-state index is 0.0398. The maximum Gasteiger partial charge on any atom is 0.175 e. The van der Waals surface area contributed by atoms with Crippen LogP contribution >= 0.6 is 11.3 Å². The molecule has 2 aromatic heterocycles. The Morgan fingerprint density at radius 3 is 2.44 bits per heavy atom. The molecule has 0 unspecified atom stereocenters. The number of benzene rings is 1. The normalized spacial score (nSPS) is 13.1. The van der Waals surface area contributed by atoms with E-state index in [4.69, 9.17) is 10.7 Å². The van der Waals surface area contributed by atoms with E-state index in [1.54, 1.807) is 23.5 Å². The van der Waals surface area contributed by atoms with E-state index in [0.29, 0.717) is 17.9 Å². The zero-order valence-electron chi connectivity index (χ0n) is 15.9. The Hall–Kier alpha value is -2.03. The Kier molecular flexibility index (Phi) is 5.50. The summed E-state index contributed by atoms with van der Waals surface area (Å²) in [6.07, 6.45) is 1.83. The van der Waals surface area contributed by atoms with Crippen LogP contribution in [-0.4, -0.2) is 31.2 Å². The number of aromatic nitrogens is 2. The van der Waals surface area contributed by atoms with Gasteiger partial charge in [0.2, 0.25) is 0 Å². The lowest BCUT2D eigenvalue weighted by Gasteiger charge is -2.17. The molecular weight excluding hydrogens is 380 g/mol. The minimum Gasteiger partial charge on any atom is -0.363 e. The lowest BCUT2D eigenvalue weighted by atomic mass is 10.1. The molecule has 0 spiro atoms. The first kappa shape index (κ1) is 19.7. The lowest BCUT2D eigenvalue weighted by molar-refractivity contribution is 0.602. The molecule has 0 aliphatic rings. The van der Waals surface area contributed by atoms with Gasteiger partial charge in [-0.05, 0) is 50.6 Å². The van der Waals surface area contributed by atoms with E-state index in [-0.39, 0.29) is 6.04 Å². The van der Waals surface area contributed by atoms with E-state index in [1.165, 1.54) is 16.7 Å². The molecule has 3 rings (SSSR count). The Bertz CT molecular complexity index is 1070. The van der Waals surface area contributed by atoms with Crippen molar-refractivity contribution in [2.45, 2.75) is 38.1 Å². The average Bonchev–Trinajstić information content (AvgIpc) is 2.89. The number of nitrogens with zero attached hydrogens (tertiary/aromatic N) is 2. The van der Waals surface area contributed by atoms with Crippen LogP contribution in [0.2, 0.25) is 0 Å². The van der Waals surface area contributed by atoms with Crippen LogP contribution in [0.15, 0.2) is 29.2 Å². The second-order valence-corrected chi connectivity index (χ2v) is 9.92. The van der Waals surface area contributed by atoms with Crippen molar-refractivity contribution in [2.75, 3.05) is 18.1 Å². The number of rotatable bonds is 6. The van der Waals surface area contributed by atoms with E-state index < -0.39 is 9.84 Å². The molecule has 8 heteroatoms. The number of hydrogen-bond donors (Lipinski definition) is 2. The summed E-state index contributed by atoms with van der Waals surface area (Å²) < 4.78 is 23.3. The molecule has 6 nitrogen and oxygen atoms in total. The molecule has 3 aromatic rings.